The summed E-state index contributed by atoms with van der Waals surface area (Å²) < 4.78 is 5.02. The van der Waals surface area contributed by atoms with Crippen molar-refractivity contribution in [2.45, 2.75) is 6.92 Å². The number of carbonyl (C=O) groups is 1. The number of rotatable bonds is 3. The molecule has 0 aromatic carbocycles. The Kier molecular flexibility index (Phi) is 2.75. The molecule has 3 aromatic heterocycles. The molecule has 0 bridgehead atoms. The highest BCUT2D eigenvalue weighted by molar-refractivity contribution is 6.01. The fourth-order valence-corrected chi connectivity index (χ4v) is 2.00. The summed E-state index contributed by atoms with van der Waals surface area (Å²) >= 11 is 0. The maximum atomic E-state index is 11.9. The molecule has 0 aliphatic heterocycles. The van der Waals surface area contributed by atoms with Gasteiger partial charge in [-0.2, -0.15) is 5.10 Å². The number of aromatic nitrogens is 4. The van der Waals surface area contributed by atoms with Crippen LogP contribution in [-0.4, -0.2) is 32.7 Å². The van der Waals surface area contributed by atoms with Gasteiger partial charge in [0.15, 0.2) is 5.65 Å². The minimum Gasteiger partial charge on any atom is -0.462 e. The average molecular weight is 256 g/mol. The number of aromatic amines is 2. The summed E-state index contributed by atoms with van der Waals surface area (Å²) in [6, 6.07) is 3.74. The molecule has 0 radical (unpaired) electrons. The highest BCUT2D eigenvalue weighted by atomic mass is 16.5. The van der Waals surface area contributed by atoms with E-state index < -0.39 is 0 Å². The van der Waals surface area contributed by atoms with Crippen molar-refractivity contribution >= 4 is 17.0 Å². The first-order valence-corrected chi connectivity index (χ1v) is 5.94. The number of ether oxygens (including phenoxy) is 1. The molecule has 3 rings (SSSR count). The Labute approximate surface area is 108 Å². The second-order valence-corrected chi connectivity index (χ2v) is 3.97. The number of fused-ring (bicyclic) bond motifs is 1. The van der Waals surface area contributed by atoms with E-state index in [1.807, 2.05) is 12.1 Å². The minimum absolute atomic E-state index is 0.340. The van der Waals surface area contributed by atoms with E-state index in [0.29, 0.717) is 29.1 Å². The smallest absolute Gasteiger partial charge is 0.340 e. The zero-order chi connectivity index (χ0) is 13.2. The lowest BCUT2D eigenvalue weighted by Gasteiger charge is -2.01. The third-order valence-corrected chi connectivity index (χ3v) is 2.83. The molecule has 6 heteroatoms. The Morgan fingerprint density at radius 1 is 1.42 bits per heavy atom. The lowest BCUT2D eigenvalue weighted by Crippen LogP contribution is -2.04. The van der Waals surface area contributed by atoms with Crippen LogP contribution in [0.3, 0.4) is 0 Å². The molecule has 0 aliphatic rings. The lowest BCUT2D eigenvalue weighted by atomic mass is 10.1. The van der Waals surface area contributed by atoms with Gasteiger partial charge in [0.05, 0.1) is 12.2 Å². The van der Waals surface area contributed by atoms with Gasteiger partial charge in [-0.15, -0.1) is 0 Å². The SMILES string of the molecule is CCOC(=O)c1c[nH]cc1-c1n[nH]c2ncccc12. The van der Waals surface area contributed by atoms with Crippen molar-refractivity contribution in [3.05, 3.63) is 36.3 Å². The summed E-state index contributed by atoms with van der Waals surface area (Å²) in [5.74, 6) is -0.362. The number of hydrogen-bond donors (Lipinski definition) is 2. The van der Waals surface area contributed by atoms with E-state index in [1.165, 1.54) is 0 Å². The summed E-state index contributed by atoms with van der Waals surface area (Å²) in [7, 11) is 0. The summed E-state index contributed by atoms with van der Waals surface area (Å²) in [5.41, 5.74) is 2.55. The van der Waals surface area contributed by atoms with Gasteiger partial charge in [-0.05, 0) is 19.1 Å². The Morgan fingerprint density at radius 3 is 3.16 bits per heavy atom. The number of hydrogen-bond acceptors (Lipinski definition) is 4. The molecule has 0 amide bonds. The Balaban J connectivity index is 2.12. The molecular weight excluding hydrogens is 244 g/mol. The van der Waals surface area contributed by atoms with Crippen LogP contribution in [0.15, 0.2) is 30.7 Å². The fraction of sp³-hybridized carbons (Fsp3) is 0.154. The standard InChI is InChI=1S/C13H12N4O2/c1-2-19-13(18)10-7-14-6-9(10)11-8-4-3-5-15-12(8)17-16-11/h3-7,14H,2H2,1H3,(H,15,16,17). The van der Waals surface area contributed by atoms with Crippen molar-refractivity contribution in [1.29, 1.82) is 0 Å². The summed E-state index contributed by atoms with van der Waals surface area (Å²) in [4.78, 5) is 19.0. The van der Waals surface area contributed by atoms with Crippen molar-refractivity contribution in [2.24, 2.45) is 0 Å². The summed E-state index contributed by atoms with van der Waals surface area (Å²) in [5, 5.41) is 7.94. The van der Waals surface area contributed by atoms with Gasteiger partial charge in [-0.25, -0.2) is 9.78 Å². The zero-order valence-electron chi connectivity index (χ0n) is 10.3. The van der Waals surface area contributed by atoms with Gasteiger partial charge in [0.25, 0.3) is 0 Å². The molecule has 0 saturated carbocycles. The maximum Gasteiger partial charge on any atom is 0.340 e. The molecule has 3 heterocycles. The van der Waals surface area contributed by atoms with Gasteiger partial charge in [0.2, 0.25) is 0 Å². The van der Waals surface area contributed by atoms with Crippen molar-refractivity contribution in [3.8, 4) is 11.3 Å². The predicted molar refractivity (Wildman–Crippen MR) is 69.6 cm³/mol. The third kappa shape index (κ3) is 1.87. The van der Waals surface area contributed by atoms with Gasteiger partial charge in [-0.3, -0.25) is 5.10 Å². The van der Waals surface area contributed by atoms with Crippen LogP contribution in [0.25, 0.3) is 22.3 Å². The zero-order valence-corrected chi connectivity index (χ0v) is 10.3. The van der Waals surface area contributed by atoms with Crippen molar-refractivity contribution in [2.75, 3.05) is 6.61 Å². The molecular formula is C13H12N4O2. The van der Waals surface area contributed by atoms with E-state index in [1.54, 1.807) is 25.5 Å². The molecule has 0 fully saturated rings. The number of carbonyl (C=O) groups excluding carboxylic acids is 1. The second kappa shape index (κ2) is 4.56. The number of nitrogens with zero attached hydrogens (tertiary/aromatic N) is 2. The van der Waals surface area contributed by atoms with E-state index in [4.69, 9.17) is 4.74 Å². The molecule has 0 atom stereocenters. The lowest BCUT2D eigenvalue weighted by molar-refractivity contribution is 0.0527. The average Bonchev–Trinajstić information content (AvgIpc) is 3.05. The topological polar surface area (TPSA) is 83.7 Å². The largest absolute Gasteiger partial charge is 0.462 e. The molecule has 0 aliphatic carbocycles. The third-order valence-electron chi connectivity index (χ3n) is 2.83. The van der Waals surface area contributed by atoms with Crippen LogP contribution in [0.5, 0.6) is 0 Å². The monoisotopic (exact) mass is 256 g/mol. The highest BCUT2D eigenvalue weighted by Crippen LogP contribution is 2.28. The van der Waals surface area contributed by atoms with E-state index in [9.17, 15) is 4.79 Å². The maximum absolute atomic E-state index is 11.9. The Morgan fingerprint density at radius 2 is 2.32 bits per heavy atom. The van der Waals surface area contributed by atoms with Crippen molar-refractivity contribution < 1.29 is 9.53 Å². The first-order chi connectivity index (χ1) is 9.31. The molecule has 3 aromatic rings. The van der Waals surface area contributed by atoms with Crippen LogP contribution in [-0.2, 0) is 4.74 Å². The molecule has 2 N–H and O–H groups in total. The first-order valence-electron chi connectivity index (χ1n) is 5.94. The predicted octanol–water partition coefficient (Wildman–Crippen LogP) is 2.13. The molecule has 96 valence electrons. The van der Waals surface area contributed by atoms with Gasteiger partial charge < -0.3 is 9.72 Å². The van der Waals surface area contributed by atoms with E-state index in [-0.39, 0.29) is 5.97 Å². The van der Waals surface area contributed by atoms with Crippen LogP contribution < -0.4 is 0 Å². The van der Waals surface area contributed by atoms with Gasteiger partial charge in [-0.1, -0.05) is 0 Å². The molecule has 0 saturated heterocycles. The van der Waals surface area contributed by atoms with Crippen LogP contribution in [0.2, 0.25) is 0 Å². The Hall–Kier alpha value is -2.63. The van der Waals surface area contributed by atoms with Gasteiger partial charge >= 0.3 is 5.97 Å². The van der Waals surface area contributed by atoms with Crippen LogP contribution >= 0.6 is 0 Å². The number of pyridine rings is 1. The van der Waals surface area contributed by atoms with Crippen LogP contribution in [0, 0.1) is 0 Å². The number of H-pyrrole nitrogens is 2. The van der Waals surface area contributed by atoms with Gasteiger partial charge in [0.1, 0.15) is 5.69 Å². The minimum atomic E-state index is -0.362. The summed E-state index contributed by atoms with van der Waals surface area (Å²) in [6.07, 6.45) is 5.03. The molecule has 0 unspecified atom stereocenters. The van der Waals surface area contributed by atoms with E-state index in [0.717, 1.165) is 5.39 Å². The number of nitrogens with one attached hydrogen (secondary N) is 2. The normalized spacial score (nSPS) is 10.8. The fourth-order valence-electron chi connectivity index (χ4n) is 2.00. The van der Waals surface area contributed by atoms with E-state index >= 15 is 0 Å². The highest BCUT2D eigenvalue weighted by Gasteiger charge is 2.18. The van der Waals surface area contributed by atoms with Crippen LogP contribution in [0.4, 0.5) is 0 Å². The Bertz CT molecular complexity index is 729. The molecule has 0 spiro atoms. The first kappa shape index (κ1) is 11.5. The molecule has 6 nitrogen and oxygen atoms in total. The van der Waals surface area contributed by atoms with E-state index in [2.05, 4.69) is 20.2 Å². The molecule has 19 heavy (non-hydrogen) atoms. The van der Waals surface area contributed by atoms with Crippen LogP contribution in [0.1, 0.15) is 17.3 Å². The van der Waals surface area contributed by atoms with Gasteiger partial charge in [0, 0.05) is 29.5 Å². The summed E-state index contributed by atoms with van der Waals surface area (Å²) in [6.45, 7) is 2.12. The van der Waals surface area contributed by atoms with Crippen molar-refractivity contribution in [3.63, 3.8) is 0 Å². The van der Waals surface area contributed by atoms with Crippen molar-refractivity contribution in [1.82, 2.24) is 20.2 Å². The second-order valence-electron chi connectivity index (χ2n) is 3.97. The number of esters is 1. The quantitative estimate of drug-likeness (QED) is 0.703.